The lowest BCUT2D eigenvalue weighted by molar-refractivity contribution is 0.0943. The first-order valence-electron chi connectivity index (χ1n) is 7.69. The number of benzene rings is 1. The number of carbonyl (C=O) groups is 2. The summed E-state index contributed by atoms with van der Waals surface area (Å²) in [4.78, 5) is 28.4. The van der Waals surface area contributed by atoms with Crippen LogP contribution in [0.4, 0.5) is 5.69 Å². The molecule has 0 aliphatic rings. The largest absolute Gasteiger partial charge is 0.385 e. The summed E-state index contributed by atoms with van der Waals surface area (Å²) < 4.78 is 4.91. The monoisotopic (exact) mass is 338 g/mol. The number of amides is 2. The van der Waals surface area contributed by atoms with E-state index in [1.807, 2.05) is 6.07 Å². The van der Waals surface area contributed by atoms with E-state index in [0.29, 0.717) is 30.8 Å². The van der Waals surface area contributed by atoms with Gasteiger partial charge in [-0.3, -0.25) is 9.59 Å². The molecule has 0 bridgehead atoms. The minimum Gasteiger partial charge on any atom is -0.385 e. The van der Waals surface area contributed by atoms with Crippen LogP contribution in [0.5, 0.6) is 0 Å². The standard InChI is InChI=1S/C18H18N4O3/c1-25-10-4-9-20-17(23)15-7-3-8-16(22-15)18(24)21-14-6-2-5-13(11-14)12-19/h2-3,5-8,11H,4,9-10H2,1H3,(H,20,23)(H,21,24). The predicted octanol–water partition coefficient (Wildman–Crippen LogP) is 1.97. The number of hydrogen-bond donors (Lipinski definition) is 2. The third-order valence-corrected chi connectivity index (χ3v) is 3.27. The second-order valence-corrected chi connectivity index (χ2v) is 5.16. The number of carbonyl (C=O) groups excluding carboxylic acids is 2. The predicted molar refractivity (Wildman–Crippen MR) is 92.2 cm³/mol. The molecule has 0 aliphatic carbocycles. The Morgan fingerprint density at radius 1 is 1.16 bits per heavy atom. The van der Waals surface area contributed by atoms with Crippen molar-refractivity contribution in [1.29, 1.82) is 5.26 Å². The summed E-state index contributed by atoms with van der Waals surface area (Å²) in [5, 5.41) is 14.3. The molecule has 1 aromatic heterocycles. The molecule has 2 N–H and O–H groups in total. The number of anilines is 1. The quantitative estimate of drug-likeness (QED) is 0.751. The van der Waals surface area contributed by atoms with Crippen molar-refractivity contribution in [3.05, 3.63) is 59.4 Å². The summed E-state index contributed by atoms with van der Waals surface area (Å²) in [6, 6.07) is 13.2. The number of methoxy groups -OCH3 is 1. The van der Waals surface area contributed by atoms with Crippen LogP contribution in [0.25, 0.3) is 0 Å². The first kappa shape index (κ1) is 18.1. The first-order valence-corrected chi connectivity index (χ1v) is 7.69. The third-order valence-electron chi connectivity index (χ3n) is 3.27. The highest BCUT2D eigenvalue weighted by Gasteiger charge is 2.12. The highest BCUT2D eigenvalue weighted by atomic mass is 16.5. The van der Waals surface area contributed by atoms with Crippen molar-refractivity contribution in [3.63, 3.8) is 0 Å². The molecule has 1 heterocycles. The minimum absolute atomic E-state index is 0.118. The van der Waals surface area contributed by atoms with Crippen molar-refractivity contribution in [2.75, 3.05) is 25.6 Å². The fourth-order valence-corrected chi connectivity index (χ4v) is 2.06. The molecule has 2 amide bonds. The lowest BCUT2D eigenvalue weighted by Crippen LogP contribution is -2.27. The van der Waals surface area contributed by atoms with E-state index in [1.165, 1.54) is 6.07 Å². The Balaban J connectivity index is 2.03. The Morgan fingerprint density at radius 3 is 2.60 bits per heavy atom. The van der Waals surface area contributed by atoms with Gasteiger partial charge in [0.1, 0.15) is 11.4 Å². The van der Waals surface area contributed by atoms with Crippen molar-refractivity contribution in [2.24, 2.45) is 0 Å². The SMILES string of the molecule is COCCCNC(=O)c1cccc(C(=O)Nc2cccc(C#N)c2)n1. The van der Waals surface area contributed by atoms with Gasteiger partial charge in [-0.25, -0.2) is 4.98 Å². The van der Waals surface area contributed by atoms with Crippen LogP contribution in [0.2, 0.25) is 0 Å². The topological polar surface area (TPSA) is 104 Å². The number of pyridine rings is 1. The van der Waals surface area contributed by atoms with E-state index in [0.717, 1.165) is 0 Å². The average molecular weight is 338 g/mol. The number of aromatic nitrogens is 1. The van der Waals surface area contributed by atoms with Gasteiger partial charge in [0.05, 0.1) is 11.6 Å². The zero-order valence-corrected chi connectivity index (χ0v) is 13.8. The summed E-state index contributed by atoms with van der Waals surface area (Å²) in [6.45, 7) is 1.02. The van der Waals surface area contributed by atoms with Gasteiger partial charge < -0.3 is 15.4 Å². The third kappa shape index (κ3) is 5.41. The van der Waals surface area contributed by atoms with Gasteiger partial charge in [0.15, 0.2) is 0 Å². The molecule has 0 saturated carbocycles. The second-order valence-electron chi connectivity index (χ2n) is 5.16. The molecular weight excluding hydrogens is 320 g/mol. The van der Waals surface area contributed by atoms with E-state index in [4.69, 9.17) is 10.00 Å². The smallest absolute Gasteiger partial charge is 0.274 e. The fourth-order valence-electron chi connectivity index (χ4n) is 2.06. The van der Waals surface area contributed by atoms with E-state index in [-0.39, 0.29) is 17.3 Å². The van der Waals surface area contributed by atoms with Gasteiger partial charge in [0.25, 0.3) is 11.8 Å². The van der Waals surface area contributed by atoms with Crippen LogP contribution < -0.4 is 10.6 Å². The molecule has 1 aromatic carbocycles. The molecule has 0 atom stereocenters. The number of rotatable bonds is 7. The fraction of sp³-hybridized carbons (Fsp3) is 0.222. The van der Waals surface area contributed by atoms with Crippen LogP contribution in [0.15, 0.2) is 42.5 Å². The van der Waals surface area contributed by atoms with Crippen molar-refractivity contribution in [2.45, 2.75) is 6.42 Å². The Hall–Kier alpha value is -3.24. The van der Waals surface area contributed by atoms with Gasteiger partial charge in [-0.05, 0) is 36.8 Å². The Kier molecular flexibility index (Phi) is 6.63. The van der Waals surface area contributed by atoms with Crippen molar-refractivity contribution in [3.8, 4) is 6.07 Å². The lowest BCUT2D eigenvalue weighted by Gasteiger charge is -2.07. The maximum absolute atomic E-state index is 12.3. The zero-order valence-electron chi connectivity index (χ0n) is 13.8. The summed E-state index contributed by atoms with van der Waals surface area (Å²) in [7, 11) is 1.60. The molecule has 0 aliphatic heterocycles. The molecule has 0 saturated heterocycles. The Labute approximate surface area is 145 Å². The molecule has 0 radical (unpaired) electrons. The normalized spacial score (nSPS) is 9.92. The van der Waals surface area contributed by atoms with Gasteiger partial charge in [-0.1, -0.05) is 12.1 Å². The zero-order chi connectivity index (χ0) is 18.1. The molecule has 25 heavy (non-hydrogen) atoms. The summed E-state index contributed by atoms with van der Waals surface area (Å²) in [6.07, 6.45) is 0.692. The number of nitrogens with one attached hydrogen (secondary N) is 2. The van der Waals surface area contributed by atoms with Gasteiger partial charge in [0, 0.05) is 25.9 Å². The molecule has 0 unspecified atom stereocenters. The van der Waals surface area contributed by atoms with E-state index in [2.05, 4.69) is 15.6 Å². The van der Waals surface area contributed by atoms with Crippen LogP contribution in [0, 0.1) is 11.3 Å². The molecule has 7 heteroatoms. The van der Waals surface area contributed by atoms with Gasteiger partial charge >= 0.3 is 0 Å². The van der Waals surface area contributed by atoms with Gasteiger partial charge in [-0.15, -0.1) is 0 Å². The van der Waals surface area contributed by atoms with Crippen LogP contribution in [-0.2, 0) is 4.74 Å². The number of hydrogen-bond acceptors (Lipinski definition) is 5. The van der Waals surface area contributed by atoms with Crippen LogP contribution in [0.1, 0.15) is 33.0 Å². The lowest BCUT2D eigenvalue weighted by atomic mass is 10.2. The van der Waals surface area contributed by atoms with E-state index in [1.54, 1.807) is 43.5 Å². The summed E-state index contributed by atoms with van der Waals surface area (Å²) in [5.74, 6) is -0.804. The van der Waals surface area contributed by atoms with Crippen LogP contribution in [0.3, 0.4) is 0 Å². The van der Waals surface area contributed by atoms with Gasteiger partial charge in [-0.2, -0.15) is 5.26 Å². The summed E-state index contributed by atoms with van der Waals surface area (Å²) >= 11 is 0. The van der Waals surface area contributed by atoms with Crippen molar-refractivity contribution in [1.82, 2.24) is 10.3 Å². The first-order chi connectivity index (χ1) is 12.1. The molecule has 2 rings (SSSR count). The number of ether oxygens (including phenoxy) is 1. The van der Waals surface area contributed by atoms with Crippen LogP contribution in [-0.4, -0.2) is 37.1 Å². The minimum atomic E-state index is -0.455. The number of nitriles is 1. The molecule has 7 nitrogen and oxygen atoms in total. The van der Waals surface area contributed by atoms with Crippen molar-refractivity contribution >= 4 is 17.5 Å². The Bertz CT molecular complexity index is 799. The Morgan fingerprint density at radius 2 is 1.88 bits per heavy atom. The molecule has 2 aromatic rings. The maximum Gasteiger partial charge on any atom is 0.274 e. The molecule has 0 fully saturated rings. The number of nitrogens with zero attached hydrogens (tertiary/aromatic N) is 2. The molecule has 128 valence electrons. The highest BCUT2D eigenvalue weighted by molar-refractivity contribution is 6.03. The van der Waals surface area contributed by atoms with E-state index in [9.17, 15) is 9.59 Å². The van der Waals surface area contributed by atoms with Crippen molar-refractivity contribution < 1.29 is 14.3 Å². The molecular formula is C18H18N4O3. The van der Waals surface area contributed by atoms with Crippen LogP contribution >= 0.6 is 0 Å². The van der Waals surface area contributed by atoms with Gasteiger partial charge in [0.2, 0.25) is 0 Å². The highest BCUT2D eigenvalue weighted by Crippen LogP contribution is 2.11. The molecule has 0 spiro atoms. The van der Waals surface area contributed by atoms with E-state index < -0.39 is 5.91 Å². The summed E-state index contributed by atoms with van der Waals surface area (Å²) in [5.41, 5.74) is 1.21. The van der Waals surface area contributed by atoms with E-state index >= 15 is 0 Å². The second kappa shape index (κ2) is 9.15. The average Bonchev–Trinajstić information content (AvgIpc) is 2.65. The maximum atomic E-state index is 12.3.